The average Bonchev–Trinajstić information content (AvgIpc) is 2.60. The SMILES string of the molecule is Clc1ccc(Cl)c(COC2COC(c3ccccc3)OC2)c1Cl. The molecular weight excluding hydrogens is 359 g/mol. The molecule has 1 saturated heterocycles. The highest BCUT2D eigenvalue weighted by molar-refractivity contribution is 6.44. The first-order chi connectivity index (χ1) is 11.1. The lowest BCUT2D eigenvalue weighted by atomic mass is 10.2. The number of benzene rings is 2. The Morgan fingerprint density at radius 1 is 0.913 bits per heavy atom. The molecule has 122 valence electrons. The summed E-state index contributed by atoms with van der Waals surface area (Å²) in [6, 6.07) is 13.2. The third-order valence-corrected chi connectivity index (χ3v) is 4.74. The lowest BCUT2D eigenvalue weighted by molar-refractivity contribution is -0.232. The zero-order chi connectivity index (χ0) is 16.2. The highest BCUT2D eigenvalue weighted by atomic mass is 35.5. The van der Waals surface area contributed by atoms with Crippen LogP contribution < -0.4 is 0 Å². The van der Waals surface area contributed by atoms with Gasteiger partial charge in [0.05, 0.1) is 29.9 Å². The second kappa shape index (κ2) is 7.84. The largest absolute Gasteiger partial charge is 0.369 e. The normalized spacial score (nSPS) is 21.3. The molecule has 1 heterocycles. The molecule has 2 aromatic carbocycles. The van der Waals surface area contributed by atoms with Crippen molar-refractivity contribution in [2.75, 3.05) is 13.2 Å². The number of ether oxygens (including phenoxy) is 3. The number of hydrogen-bond acceptors (Lipinski definition) is 3. The molecule has 0 spiro atoms. The zero-order valence-corrected chi connectivity index (χ0v) is 14.4. The van der Waals surface area contributed by atoms with Gasteiger partial charge in [-0.3, -0.25) is 0 Å². The van der Waals surface area contributed by atoms with Crippen LogP contribution in [0.5, 0.6) is 0 Å². The monoisotopic (exact) mass is 372 g/mol. The quantitative estimate of drug-likeness (QED) is 0.683. The summed E-state index contributed by atoms with van der Waals surface area (Å²) in [5.74, 6) is 0. The van der Waals surface area contributed by atoms with Crippen molar-refractivity contribution in [1.29, 1.82) is 0 Å². The van der Waals surface area contributed by atoms with Crippen molar-refractivity contribution in [2.45, 2.75) is 19.0 Å². The second-order valence-electron chi connectivity index (χ2n) is 5.16. The minimum Gasteiger partial charge on any atom is -0.369 e. The van der Waals surface area contributed by atoms with E-state index in [1.54, 1.807) is 12.1 Å². The van der Waals surface area contributed by atoms with E-state index in [0.717, 1.165) is 5.56 Å². The van der Waals surface area contributed by atoms with E-state index in [1.165, 1.54) is 0 Å². The summed E-state index contributed by atoms with van der Waals surface area (Å²) >= 11 is 18.3. The van der Waals surface area contributed by atoms with Crippen molar-refractivity contribution in [1.82, 2.24) is 0 Å². The fourth-order valence-electron chi connectivity index (χ4n) is 2.29. The van der Waals surface area contributed by atoms with Crippen LogP contribution in [0, 0.1) is 0 Å². The third-order valence-electron chi connectivity index (χ3n) is 3.54. The van der Waals surface area contributed by atoms with Gasteiger partial charge in [0.2, 0.25) is 0 Å². The molecule has 0 atom stereocenters. The lowest BCUT2D eigenvalue weighted by Crippen LogP contribution is -2.33. The first kappa shape index (κ1) is 17.0. The maximum atomic E-state index is 6.16. The first-order valence-corrected chi connectivity index (χ1v) is 8.30. The Bertz CT molecular complexity index is 656. The van der Waals surface area contributed by atoms with Crippen LogP contribution in [0.4, 0.5) is 0 Å². The van der Waals surface area contributed by atoms with Gasteiger partial charge in [0.1, 0.15) is 6.10 Å². The molecule has 1 aliphatic heterocycles. The van der Waals surface area contributed by atoms with E-state index in [1.807, 2.05) is 30.3 Å². The summed E-state index contributed by atoms with van der Waals surface area (Å²) in [5, 5.41) is 1.40. The summed E-state index contributed by atoms with van der Waals surface area (Å²) in [5.41, 5.74) is 1.66. The Hall–Kier alpha value is -0.810. The number of rotatable bonds is 4. The van der Waals surface area contributed by atoms with Crippen molar-refractivity contribution in [3.05, 3.63) is 68.7 Å². The minimum absolute atomic E-state index is 0.180. The van der Waals surface area contributed by atoms with Crippen molar-refractivity contribution in [2.24, 2.45) is 0 Å². The molecule has 1 aliphatic rings. The average molecular weight is 374 g/mol. The van der Waals surface area contributed by atoms with Crippen LogP contribution in [0.1, 0.15) is 17.4 Å². The van der Waals surface area contributed by atoms with E-state index in [9.17, 15) is 0 Å². The highest BCUT2D eigenvalue weighted by Crippen LogP contribution is 2.32. The standard InChI is InChI=1S/C17H15Cl3O3/c18-14-6-7-15(19)16(20)13(14)10-21-12-8-22-17(23-9-12)11-4-2-1-3-5-11/h1-7,12,17H,8-10H2. The van der Waals surface area contributed by atoms with Crippen LogP contribution in [0.15, 0.2) is 42.5 Å². The molecule has 2 aromatic rings. The smallest absolute Gasteiger partial charge is 0.184 e. The van der Waals surface area contributed by atoms with Gasteiger partial charge in [0.15, 0.2) is 6.29 Å². The van der Waals surface area contributed by atoms with Gasteiger partial charge in [-0.1, -0.05) is 65.1 Å². The molecule has 0 unspecified atom stereocenters. The van der Waals surface area contributed by atoms with E-state index in [0.29, 0.717) is 33.8 Å². The Kier molecular flexibility index (Phi) is 5.81. The number of hydrogen-bond donors (Lipinski definition) is 0. The molecule has 3 nitrogen and oxygen atoms in total. The van der Waals surface area contributed by atoms with Crippen molar-refractivity contribution in [3.63, 3.8) is 0 Å². The summed E-state index contributed by atoms with van der Waals surface area (Å²) in [6.45, 7) is 1.14. The van der Waals surface area contributed by atoms with Gasteiger partial charge in [-0.2, -0.15) is 0 Å². The van der Waals surface area contributed by atoms with Crippen molar-refractivity contribution < 1.29 is 14.2 Å². The highest BCUT2D eigenvalue weighted by Gasteiger charge is 2.24. The predicted octanol–water partition coefficient (Wildman–Crippen LogP) is 5.28. The predicted molar refractivity (Wildman–Crippen MR) is 91.1 cm³/mol. The van der Waals surface area contributed by atoms with Gasteiger partial charge in [-0.25, -0.2) is 0 Å². The third kappa shape index (κ3) is 4.18. The van der Waals surface area contributed by atoms with E-state index in [4.69, 9.17) is 49.0 Å². The molecule has 0 saturated carbocycles. The van der Waals surface area contributed by atoms with Crippen molar-refractivity contribution in [3.8, 4) is 0 Å². The summed E-state index contributed by atoms with van der Waals surface area (Å²) in [6.07, 6.45) is -0.532. The topological polar surface area (TPSA) is 27.7 Å². The molecule has 0 amide bonds. The molecule has 0 N–H and O–H groups in total. The van der Waals surface area contributed by atoms with Gasteiger partial charge in [0.25, 0.3) is 0 Å². The fraction of sp³-hybridized carbons (Fsp3) is 0.294. The molecule has 0 aliphatic carbocycles. The Balaban J connectivity index is 1.55. The van der Waals surface area contributed by atoms with Gasteiger partial charge in [0, 0.05) is 16.1 Å². The molecule has 0 radical (unpaired) electrons. The molecule has 1 fully saturated rings. The van der Waals surface area contributed by atoms with Gasteiger partial charge >= 0.3 is 0 Å². The Labute approximate surface area is 150 Å². The summed E-state index contributed by atoms with van der Waals surface area (Å²) in [4.78, 5) is 0. The fourth-order valence-corrected chi connectivity index (χ4v) is 2.94. The molecule has 3 rings (SSSR count). The van der Waals surface area contributed by atoms with Crippen LogP contribution in [0.25, 0.3) is 0 Å². The molecule has 23 heavy (non-hydrogen) atoms. The van der Waals surface area contributed by atoms with Crippen LogP contribution in [-0.4, -0.2) is 19.3 Å². The first-order valence-electron chi connectivity index (χ1n) is 7.17. The summed E-state index contributed by atoms with van der Waals surface area (Å²) < 4.78 is 17.2. The van der Waals surface area contributed by atoms with E-state index >= 15 is 0 Å². The minimum atomic E-state index is -0.352. The maximum absolute atomic E-state index is 6.16. The van der Waals surface area contributed by atoms with Crippen LogP contribution in [-0.2, 0) is 20.8 Å². The Morgan fingerprint density at radius 2 is 1.57 bits per heavy atom. The van der Waals surface area contributed by atoms with E-state index in [2.05, 4.69) is 0 Å². The van der Waals surface area contributed by atoms with Crippen LogP contribution in [0.2, 0.25) is 15.1 Å². The molecular formula is C17H15Cl3O3. The van der Waals surface area contributed by atoms with Gasteiger partial charge in [-0.05, 0) is 12.1 Å². The zero-order valence-electron chi connectivity index (χ0n) is 12.2. The number of halogens is 3. The van der Waals surface area contributed by atoms with Crippen LogP contribution >= 0.6 is 34.8 Å². The maximum Gasteiger partial charge on any atom is 0.184 e. The molecule has 0 aromatic heterocycles. The lowest BCUT2D eigenvalue weighted by Gasteiger charge is -2.29. The Morgan fingerprint density at radius 3 is 2.26 bits per heavy atom. The van der Waals surface area contributed by atoms with Gasteiger partial charge in [-0.15, -0.1) is 0 Å². The van der Waals surface area contributed by atoms with Crippen LogP contribution in [0.3, 0.4) is 0 Å². The van der Waals surface area contributed by atoms with E-state index < -0.39 is 0 Å². The molecule has 0 bridgehead atoms. The molecule has 6 heteroatoms. The van der Waals surface area contributed by atoms with E-state index in [-0.39, 0.29) is 19.0 Å². The van der Waals surface area contributed by atoms with Crippen molar-refractivity contribution >= 4 is 34.8 Å². The van der Waals surface area contributed by atoms with Gasteiger partial charge < -0.3 is 14.2 Å². The summed E-state index contributed by atoms with van der Waals surface area (Å²) in [7, 11) is 0. The second-order valence-corrected chi connectivity index (χ2v) is 6.36.